The van der Waals surface area contributed by atoms with Crippen molar-refractivity contribution in [3.8, 4) is 0 Å². The molecule has 3 N–H and O–H groups in total. The molecule has 0 amide bonds. The number of rotatable bonds is 2. The van der Waals surface area contributed by atoms with Gasteiger partial charge in [0.25, 0.3) is 0 Å². The molecule has 1 unspecified atom stereocenters. The molecule has 0 aromatic carbocycles. The molecular formula is H5FLi2O6P2. The van der Waals surface area contributed by atoms with Crippen molar-refractivity contribution in [3.63, 3.8) is 0 Å². The summed E-state index contributed by atoms with van der Waals surface area (Å²) in [7, 11) is -10.7. The molecule has 0 saturated heterocycles. The predicted octanol–water partition coefficient (Wildman–Crippen LogP) is -1.13. The summed E-state index contributed by atoms with van der Waals surface area (Å²) in [5, 5.41) is 0. The predicted molar refractivity (Wildman–Crippen MR) is 38.4 cm³/mol. The van der Waals surface area contributed by atoms with E-state index in [9.17, 15) is 13.3 Å². The average molecular weight is 196 g/mol. The van der Waals surface area contributed by atoms with Gasteiger partial charge in [0, 0.05) is 0 Å². The van der Waals surface area contributed by atoms with Crippen LogP contribution in [0.3, 0.4) is 0 Å². The summed E-state index contributed by atoms with van der Waals surface area (Å²) in [6, 6.07) is 0. The third kappa shape index (κ3) is 18.4. The maximum absolute atomic E-state index is 11.3. The summed E-state index contributed by atoms with van der Waals surface area (Å²) in [6.07, 6.45) is 0. The Hall–Kier alpha value is 1.42. The van der Waals surface area contributed by atoms with Crippen molar-refractivity contribution in [3.05, 3.63) is 0 Å². The molecule has 0 saturated carbocycles. The van der Waals surface area contributed by atoms with E-state index in [1.807, 2.05) is 0 Å². The van der Waals surface area contributed by atoms with Crippen molar-refractivity contribution in [1.29, 1.82) is 0 Å². The topological polar surface area (TPSA) is 104 Å². The summed E-state index contributed by atoms with van der Waals surface area (Å²) in [5.74, 6) is 0. The van der Waals surface area contributed by atoms with Crippen molar-refractivity contribution in [2.45, 2.75) is 0 Å². The second kappa shape index (κ2) is 5.97. The van der Waals surface area contributed by atoms with Crippen molar-refractivity contribution >= 4 is 53.5 Å². The van der Waals surface area contributed by atoms with Crippen molar-refractivity contribution < 1.29 is 32.3 Å². The number of hydrogen-bond acceptors (Lipinski definition) is 3. The van der Waals surface area contributed by atoms with Crippen LogP contribution in [-0.4, -0.2) is 52.4 Å². The molecule has 11 heteroatoms. The number of hydrogen-bond donors (Lipinski definition) is 3. The Kier molecular flexibility index (Phi) is 9.90. The van der Waals surface area contributed by atoms with Gasteiger partial charge in [-0.05, 0) is 0 Å². The summed E-state index contributed by atoms with van der Waals surface area (Å²) < 4.78 is 33.0. The van der Waals surface area contributed by atoms with Gasteiger partial charge in [0.05, 0.1) is 0 Å². The van der Waals surface area contributed by atoms with Gasteiger partial charge in [-0.1, -0.05) is 0 Å². The molecular weight excluding hydrogens is 191 g/mol. The van der Waals surface area contributed by atoms with Gasteiger partial charge in [-0.3, -0.25) is 4.89 Å². The molecule has 0 bridgehead atoms. The first-order valence-electron chi connectivity index (χ1n) is 1.50. The van der Waals surface area contributed by atoms with Crippen LogP contribution < -0.4 is 0 Å². The molecule has 0 rings (SSSR count). The van der Waals surface area contributed by atoms with E-state index < -0.39 is 15.7 Å². The van der Waals surface area contributed by atoms with Crippen LogP contribution in [0.15, 0.2) is 0 Å². The Labute approximate surface area is 85.8 Å². The van der Waals surface area contributed by atoms with Gasteiger partial charge in [-0.15, -0.1) is 4.20 Å². The van der Waals surface area contributed by atoms with E-state index in [0.717, 1.165) is 0 Å². The first-order valence-corrected chi connectivity index (χ1v) is 4.50. The van der Waals surface area contributed by atoms with Crippen LogP contribution in [0, 0.1) is 0 Å². The van der Waals surface area contributed by atoms with E-state index in [-0.39, 0.29) is 37.7 Å². The Balaban J connectivity index is -0.000000320. The molecule has 6 nitrogen and oxygen atoms in total. The number of halogens is 1. The van der Waals surface area contributed by atoms with Crippen LogP contribution >= 0.6 is 15.7 Å². The normalized spacial score (nSPS) is 15.6. The zero-order valence-corrected chi connectivity index (χ0v) is 5.63. The molecule has 0 radical (unpaired) electrons. The molecule has 0 fully saturated rings. The zero-order chi connectivity index (χ0) is 7.71. The van der Waals surface area contributed by atoms with E-state index in [2.05, 4.69) is 4.31 Å². The maximum atomic E-state index is 11.3. The third-order valence-electron chi connectivity index (χ3n) is 0.207. The van der Waals surface area contributed by atoms with Gasteiger partial charge in [0.15, 0.2) is 0 Å². The molecule has 0 aliphatic heterocycles. The molecule has 1 atom stereocenters. The first-order chi connectivity index (χ1) is 3.71. The second-order valence-corrected chi connectivity index (χ2v) is 3.56. The van der Waals surface area contributed by atoms with Gasteiger partial charge < -0.3 is 9.79 Å². The quantitative estimate of drug-likeness (QED) is 0.381. The Bertz CT molecular complexity index is 159. The van der Waals surface area contributed by atoms with Crippen LogP contribution in [0.1, 0.15) is 0 Å². The van der Waals surface area contributed by atoms with E-state index in [1.165, 1.54) is 0 Å². The molecule has 0 aromatic heterocycles. The third-order valence-corrected chi connectivity index (χ3v) is 1.86. The summed E-state index contributed by atoms with van der Waals surface area (Å²) in [6.45, 7) is 0. The van der Waals surface area contributed by atoms with Crippen LogP contribution in [-0.2, 0) is 13.4 Å². The Morgan fingerprint density at radius 1 is 1.09 bits per heavy atom. The van der Waals surface area contributed by atoms with Crippen molar-refractivity contribution in [2.24, 2.45) is 0 Å². The SMILES string of the molecule is O=P(O)(O)OP(=O)(O)F.[LiH].[LiH]. The molecule has 0 aromatic rings. The second-order valence-electron chi connectivity index (χ2n) is 1.02. The van der Waals surface area contributed by atoms with E-state index in [0.29, 0.717) is 0 Å². The van der Waals surface area contributed by atoms with Crippen LogP contribution in [0.4, 0.5) is 4.20 Å². The van der Waals surface area contributed by atoms with Gasteiger partial charge in [0.2, 0.25) is 0 Å². The monoisotopic (exact) mass is 196 g/mol. The van der Waals surface area contributed by atoms with Gasteiger partial charge in [-0.25, -0.2) is 9.13 Å². The van der Waals surface area contributed by atoms with Gasteiger partial charge in [0.1, 0.15) is 0 Å². The minimum atomic E-state index is -5.55. The molecule has 0 aliphatic rings. The molecule has 0 aliphatic carbocycles. The van der Waals surface area contributed by atoms with Gasteiger partial charge in [-0.2, -0.15) is 4.31 Å². The fourth-order valence-corrected chi connectivity index (χ4v) is 1.18. The fraction of sp³-hybridized carbons (Fsp3) is 0. The molecule has 60 valence electrons. The molecule has 0 heterocycles. The van der Waals surface area contributed by atoms with E-state index >= 15 is 0 Å². The summed E-state index contributed by atoms with van der Waals surface area (Å²) in [5.41, 5.74) is 0. The van der Waals surface area contributed by atoms with Crippen molar-refractivity contribution in [1.82, 2.24) is 0 Å². The van der Waals surface area contributed by atoms with E-state index in [4.69, 9.17) is 14.7 Å². The van der Waals surface area contributed by atoms with Crippen LogP contribution in [0.2, 0.25) is 0 Å². The first kappa shape index (κ1) is 18.3. The van der Waals surface area contributed by atoms with E-state index in [1.54, 1.807) is 0 Å². The fourth-order valence-electron chi connectivity index (χ4n) is 0.131. The molecule has 11 heavy (non-hydrogen) atoms. The standard InChI is InChI=1S/FH3O6P2.2Li.2H/c1-8(2,3)7-9(4,5)6;;;;/h(H,2,3)(H2,4,5,6);;;;. The average Bonchev–Trinajstić information content (AvgIpc) is 1.14. The minimum absolute atomic E-state index is 0. The molecule has 0 spiro atoms. The van der Waals surface area contributed by atoms with Crippen LogP contribution in [0.25, 0.3) is 0 Å². The van der Waals surface area contributed by atoms with Gasteiger partial charge >= 0.3 is 53.5 Å². The zero-order valence-electron chi connectivity index (χ0n) is 3.84. The summed E-state index contributed by atoms with van der Waals surface area (Å²) >= 11 is 0. The van der Waals surface area contributed by atoms with Crippen molar-refractivity contribution in [2.75, 3.05) is 0 Å². The number of phosphoric acid groups is 1. The Morgan fingerprint density at radius 2 is 1.36 bits per heavy atom. The Morgan fingerprint density at radius 3 is 1.36 bits per heavy atom. The van der Waals surface area contributed by atoms with Crippen LogP contribution in [0.5, 0.6) is 0 Å². The summed E-state index contributed by atoms with van der Waals surface area (Å²) in [4.78, 5) is 22.9.